The van der Waals surface area contributed by atoms with Gasteiger partial charge in [0.15, 0.2) is 0 Å². The Morgan fingerprint density at radius 3 is 2.79 bits per heavy atom. The maximum Gasteiger partial charge on any atom is 0.258 e. The zero-order chi connectivity index (χ0) is 13.2. The average Bonchev–Trinajstić information content (AvgIpc) is 2.80. The second-order valence-electron chi connectivity index (χ2n) is 4.07. The molecule has 2 aromatic carbocycles. The van der Waals surface area contributed by atoms with Gasteiger partial charge in [0, 0.05) is 10.6 Å². The summed E-state index contributed by atoms with van der Waals surface area (Å²) in [5.74, 6) is 0.174. The van der Waals surface area contributed by atoms with Gasteiger partial charge in [-0.1, -0.05) is 29.8 Å². The molecule has 0 saturated carbocycles. The molecule has 3 aromatic rings. The van der Waals surface area contributed by atoms with Crippen molar-refractivity contribution in [2.24, 2.45) is 0 Å². The monoisotopic (exact) mass is 271 g/mol. The molecule has 0 atom stereocenters. The number of rotatable bonds is 2. The molecule has 5 heteroatoms. The maximum absolute atomic E-state index is 12.0. The Morgan fingerprint density at radius 1 is 1.16 bits per heavy atom. The fourth-order valence-electron chi connectivity index (χ4n) is 1.82. The first kappa shape index (κ1) is 11.7. The molecule has 0 radical (unpaired) electrons. The van der Waals surface area contributed by atoms with Crippen molar-refractivity contribution in [3.63, 3.8) is 0 Å². The minimum atomic E-state index is -0.249. The number of amides is 1. The molecule has 0 aliphatic carbocycles. The fraction of sp³-hybridized carbons (Fsp3) is 0. The van der Waals surface area contributed by atoms with Gasteiger partial charge in [-0.05, 0) is 30.3 Å². The summed E-state index contributed by atoms with van der Waals surface area (Å²) in [7, 11) is 0. The van der Waals surface area contributed by atoms with Gasteiger partial charge in [-0.25, -0.2) is 4.98 Å². The first-order valence-electron chi connectivity index (χ1n) is 5.74. The van der Waals surface area contributed by atoms with Gasteiger partial charge in [-0.2, -0.15) is 0 Å². The molecule has 0 aliphatic heterocycles. The van der Waals surface area contributed by atoms with Crippen LogP contribution >= 0.6 is 11.6 Å². The van der Waals surface area contributed by atoms with Crippen molar-refractivity contribution in [1.29, 1.82) is 0 Å². The number of hydrogen-bond acceptors (Lipinski definition) is 2. The molecule has 3 rings (SSSR count). The van der Waals surface area contributed by atoms with Crippen molar-refractivity contribution >= 4 is 34.5 Å². The number of hydrogen-bond donors (Lipinski definition) is 2. The number of para-hydroxylation sites is 2. The Kier molecular flexibility index (Phi) is 2.93. The minimum Gasteiger partial charge on any atom is -0.324 e. The molecule has 0 fully saturated rings. The zero-order valence-corrected chi connectivity index (χ0v) is 10.6. The highest BCUT2D eigenvalue weighted by Crippen LogP contribution is 2.15. The van der Waals surface area contributed by atoms with Gasteiger partial charge in [0.2, 0.25) is 5.95 Å². The first-order valence-corrected chi connectivity index (χ1v) is 6.12. The van der Waals surface area contributed by atoms with E-state index in [2.05, 4.69) is 15.3 Å². The lowest BCUT2D eigenvalue weighted by atomic mass is 10.2. The molecule has 1 amide bonds. The van der Waals surface area contributed by atoms with Gasteiger partial charge in [-0.3, -0.25) is 10.1 Å². The molecule has 2 N–H and O–H groups in total. The minimum absolute atomic E-state index is 0.249. The first-order chi connectivity index (χ1) is 9.22. The normalized spacial score (nSPS) is 10.6. The van der Waals surface area contributed by atoms with Crippen LogP contribution in [-0.4, -0.2) is 15.9 Å². The summed E-state index contributed by atoms with van der Waals surface area (Å²) in [4.78, 5) is 19.3. The Morgan fingerprint density at radius 2 is 2.00 bits per heavy atom. The van der Waals surface area contributed by atoms with Crippen molar-refractivity contribution < 1.29 is 4.79 Å². The molecule has 0 unspecified atom stereocenters. The van der Waals surface area contributed by atoms with Crippen LogP contribution < -0.4 is 5.32 Å². The summed E-state index contributed by atoms with van der Waals surface area (Å²) in [5, 5.41) is 3.24. The van der Waals surface area contributed by atoms with Crippen LogP contribution in [0.5, 0.6) is 0 Å². The maximum atomic E-state index is 12.0. The standard InChI is InChI=1S/C14H10ClN3O/c15-10-5-3-4-9(8-10)13(19)18-14-16-11-6-1-2-7-12(11)17-14/h1-8H,(H2,16,17,18,19). The molecule has 1 aromatic heterocycles. The van der Waals surface area contributed by atoms with Crippen LogP contribution in [-0.2, 0) is 0 Å². The molecule has 0 bridgehead atoms. The van der Waals surface area contributed by atoms with E-state index in [1.165, 1.54) is 0 Å². The second kappa shape index (κ2) is 4.74. The van der Waals surface area contributed by atoms with E-state index in [4.69, 9.17) is 11.6 Å². The lowest BCUT2D eigenvalue weighted by Gasteiger charge is -2.01. The smallest absolute Gasteiger partial charge is 0.258 e. The number of carbonyl (C=O) groups excluding carboxylic acids is 1. The third-order valence-corrected chi connectivity index (χ3v) is 2.94. The van der Waals surface area contributed by atoms with Gasteiger partial charge < -0.3 is 4.98 Å². The molecular formula is C14H10ClN3O. The number of fused-ring (bicyclic) bond motifs is 1. The summed E-state index contributed by atoms with van der Waals surface area (Å²) in [6.45, 7) is 0. The summed E-state index contributed by atoms with van der Waals surface area (Å²) in [6, 6.07) is 14.3. The highest BCUT2D eigenvalue weighted by atomic mass is 35.5. The van der Waals surface area contributed by atoms with Gasteiger partial charge in [-0.15, -0.1) is 0 Å². The van der Waals surface area contributed by atoms with Crippen molar-refractivity contribution in [2.75, 3.05) is 5.32 Å². The number of nitrogens with one attached hydrogen (secondary N) is 2. The number of halogens is 1. The van der Waals surface area contributed by atoms with Crippen LogP contribution in [0.2, 0.25) is 5.02 Å². The largest absolute Gasteiger partial charge is 0.324 e. The molecule has 1 heterocycles. The Balaban J connectivity index is 1.86. The molecule has 94 valence electrons. The van der Waals surface area contributed by atoms with Crippen LogP contribution in [0.3, 0.4) is 0 Å². The van der Waals surface area contributed by atoms with E-state index in [9.17, 15) is 4.79 Å². The highest BCUT2D eigenvalue weighted by Gasteiger charge is 2.09. The topological polar surface area (TPSA) is 57.8 Å². The fourth-order valence-corrected chi connectivity index (χ4v) is 2.01. The van der Waals surface area contributed by atoms with Crippen molar-refractivity contribution in [3.8, 4) is 0 Å². The van der Waals surface area contributed by atoms with Gasteiger partial charge in [0.25, 0.3) is 5.91 Å². The summed E-state index contributed by atoms with van der Waals surface area (Å²) in [6.07, 6.45) is 0. The van der Waals surface area contributed by atoms with E-state index in [1.54, 1.807) is 24.3 Å². The van der Waals surface area contributed by atoms with Crippen LogP contribution in [0.15, 0.2) is 48.5 Å². The van der Waals surface area contributed by atoms with Gasteiger partial charge >= 0.3 is 0 Å². The second-order valence-corrected chi connectivity index (χ2v) is 4.50. The van der Waals surface area contributed by atoms with Gasteiger partial charge in [0.1, 0.15) is 0 Å². The lowest BCUT2D eigenvalue weighted by molar-refractivity contribution is 0.102. The number of anilines is 1. The lowest BCUT2D eigenvalue weighted by Crippen LogP contribution is -2.12. The van der Waals surface area contributed by atoms with E-state index in [0.29, 0.717) is 16.5 Å². The molecular weight excluding hydrogens is 262 g/mol. The van der Waals surface area contributed by atoms with E-state index in [-0.39, 0.29) is 5.91 Å². The summed E-state index contributed by atoms with van der Waals surface area (Å²) < 4.78 is 0. The number of imidazole rings is 1. The highest BCUT2D eigenvalue weighted by molar-refractivity contribution is 6.31. The number of H-pyrrole nitrogens is 1. The quantitative estimate of drug-likeness (QED) is 0.750. The van der Waals surface area contributed by atoms with E-state index in [0.717, 1.165) is 11.0 Å². The average molecular weight is 272 g/mol. The third-order valence-electron chi connectivity index (χ3n) is 2.71. The SMILES string of the molecule is O=C(Nc1nc2ccccc2[nH]1)c1cccc(Cl)c1. The number of nitrogens with zero attached hydrogens (tertiary/aromatic N) is 1. The summed E-state index contributed by atoms with van der Waals surface area (Å²) >= 11 is 5.85. The van der Waals surface area contributed by atoms with E-state index >= 15 is 0 Å². The summed E-state index contributed by atoms with van der Waals surface area (Å²) in [5.41, 5.74) is 2.18. The number of aromatic nitrogens is 2. The van der Waals surface area contributed by atoms with Crippen molar-refractivity contribution in [2.45, 2.75) is 0 Å². The Bertz CT molecular complexity index is 718. The predicted octanol–water partition coefficient (Wildman–Crippen LogP) is 3.47. The molecule has 0 spiro atoms. The number of benzene rings is 2. The van der Waals surface area contributed by atoms with E-state index < -0.39 is 0 Å². The van der Waals surface area contributed by atoms with Crippen molar-refractivity contribution in [1.82, 2.24) is 9.97 Å². The zero-order valence-electron chi connectivity index (χ0n) is 9.85. The van der Waals surface area contributed by atoms with Crippen LogP contribution in [0.25, 0.3) is 11.0 Å². The van der Waals surface area contributed by atoms with Crippen LogP contribution in [0.1, 0.15) is 10.4 Å². The molecule has 0 aliphatic rings. The van der Waals surface area contributed by atoms with Crippen molar-refractivity contribution in [3.05, 3.63) is 59.1 Å². The molecule has 4 nitrogen and oxygen atoms in total. The van der Waals surface area contributed by atoms with E-state index in [1.807, 2.05) is 24.3 Å². The number of carbonyl (C=O) groups is 1. The number of aromatic amines is 1. The van der Waals surface area contributed by atoms with Gasteiger partial charge in [0.05, 0.1) is 11.0 Å². The molecule has 0 saturated heterocycles. The Hall–Kier alpha value is -2.33. The Labute approximate surface area is 114 Å². The van der Waals surface area contributed by atoms with Crippen LogP contribution in [0, 0.1) is 0 Å². The predicted molar refractivity (Wildman–Crippen MR) is 75.5 cm³/mol. The van der Waals surface area contributed by atoms with Crippen LogP contribution in [0.4, 0.5) is 5.95 Å². The molecule has 19 heavy (non-hydrogen) atoms. The third kappa shape index (κ3) is 2.44.